The van der Waals surface area contributed by atoms with Gasteiger partial charge in [-0.15, -0.1) is 0 Å². The van der Waals surface area contributed by atoms with Crippen molar-refractivity contribution in [2.24, 2.45) is 0 Å². The zero-order valence-electron chi connectivity index (χ0n) is 8.31. The molecule has 1 aromatic carbocycles. The molecule has 0 atom stereocenters. The smallest absolute Gasteiger partial charge is 0.0143 e. The standard InChI is InChI=1S/C12H16/c1-9(2)11-5-7-12(8-6-11)10(3)4/h5,8-10H,1-4H3. The Labute approximate surface area is 75.6 Å². The van der Waals surface area contributed by atoms with Gasteiger partial charge in [-0.2, -0.15) is 0 Å². The Bertz CT molecular complexity index is 202. The van der Waals surface area contributed by atoms with E-state index in [1.54, 1.807) is 0 Å². The van der Waals surface area contributed by atoms with E-state index in [1.165, 1.54) is 11.1 Å². The van der Waals surface area contributed by atoms with Crippen molar-refractivity contribution in [3.05, 3.63) is 35.4 Å². The lowest BCUT2D eigenvalue weighted by Crippen LogP contribution is -1.91. The van der Waals surface area contributed by atoms with E-state index in [-0.39, 0.29) is 0 Å². The van der Waals surface area contributed by atoms with Crippen molar-refractivity contribution in [2.75, 3.05) is 0 Å². The van der Waals surface area contributed by atoms with E-state index >= 15 is 0 Å². The largest absolute Gasteiger partial charge is 0.0587 e. The van der Waals surface area contributed by atoms with Crippen LogP contribution in [0, 0.1) is 12.1 Å². The lowest BCUT2D eigenvalue weighted by molar-refractivity contribution is 0.841. The Kier molecular flexibility index (Phi) is 2.91. The topological polar surface area (TPSA) is 0 Å². The summed E-state index contributed by atoms with van der Waals surface area (Å²) in [6, 6.07) is 10.7. The molecule has 0 aliphatic heterocycles. The summed E-state index contributed by atoms with van der Waals surface area (Å²) in [5, 5.41) is 0. The van der Waals surface area contributed by atoms with Gasteiger partial charge in [0, 0.05) is 0 Å². The molecule has 0 saturated heterocycles. The van der Waals surface area contributed by atoms with E-state index in [9.17, 15) is 0 Å². The highest BCUT2D eigenvalue weighted by Gasteiger charge is 2.01. The molecular formula is C12H16. The average Bonchev–Trinajstić information content (AvgIpc) is 2.04. The first-order valence-corrected chi connectivity index (χ1v) is 4.54. The molecule has 1 rings (SSSR count). The summed E-state index contributed by atoms with van der Waals surface area (Å²) in [4.78, 5) is 0. The minimum absolute atomic E-state index is 0.558. The first kappa shape index (κ1) is 9.31. The summed E-state index contributed by atoms with van der Waals surface area (Å²) in [7, 11) is 0. The van der Waals surface area contributed by atoms with Crippen molar-refractivity contribution in [3.63, 3.8) is 0 Å². The highest BCUT2D eigenvalue weighted by atomic mass is 14.1. The summed E-state index contributed by atoms with van der Waals surface area (Å²) in [6.45, 7) is 8.70. The van der Waals surface area contributed by atoms with Crippen molar-refractivity contribution in [1.29, 1.82) is 0 Å². The summed E-state index contributed by atoms with van der Waals surface area (Å²) in [5.74, 6) is 1.12. The number of benzene rings is 1. The van der Waals surface area contributed by atoms with Gasteiger partial charge in [0.2, 0.25) is 0 Å². The van der Waals surface area contributed by atoms with Gasteiger partial charge in [-0.05, 0) is 47.2 Å². The second-order valence-corrected chi connectivity index (χ2v) is 3.80. The molecule has 0 nitrogen and oxygen atoms in total. The van der Waals surface area contributed by atoms with Gasteiger partial charge < -0.3 is 0 Å². The maximum absolute atomic E-state index is 3.29. The fourth-order valence-corrected chi connectivity index (χ4v) is 1.07. The van der Waals surface area contributed by atoms with Gasteiger partial charge in [0.25, 0.3) is 0 Å². The lowest BCUT2D eigenvalue weighted by Gasteiger charge is -2.07. The predicted octanol–water partition coefficient (Wildman–Crippen LogP) is 3.53. The normalized spacial score (nSPS) is 11.2. The van der Waals surface area contributed by atoms with E-state index in [2.05, 4.69) is 52.0 Å². The van der Waals surface area contributed by atoms with Gasteiger partial charge in [-0.3, -0.25) is 0 Å². The average molecular weight is 160 g/mol. The Morgan fingerprint density at radius 1 is 0.833 bits per heavy atom. The summed E-state index contributed by atoms with van der Waals surface area (Å²) in [6.07, 6.45) is 0. The number of hydrogen-bond acceptors (Lipinski definition) is 0. The third-order valence-electron chi connectivity index (χ3n) is 2.03. The molecule has 0 saturated carbocycles. The quantitative estimate of drug-likeness (QED) is 0.620. The van der Waals surface area contributed by atoms with E-state index in [0.717, 1.165) is 0 Å². The van der Waals surface area contributed by atoms with Crippen LogP contribution in [0.3, 0.4) is 0 Å². The SMILES string of the molecule is CC(C)c1[c]cc(C(C)C)[c]c1. The Hall–Kier alpha value is -0.780. The Morgan fingerprint density at radius 3 is 1.33 bits per heavy atom. The third-order valence-corrected chi connectivity index (χ3v) is 2.03. The molecule has 0 bridgehead atoms. The van der Waals surface area contributed by atoms with Crippen LogP contribution >= 0.6 is 0 Å². The van der Waals surface area contributed by atoms with Crippen LogP contribution in [-0.2, 0) is 0 Å². The Morgan fingerprint density at radius 2 is 1.17 bits per heavy atom. The maximum atomic E-state index is 3.29. The molecule has 0 spiro atoms. The monoisotopic (exact) mass is 160 g/mol. The molecule has 0 amide bonds. The van der Waals surface area contributed by atoms with Crippen LogP contribution < -0.4 is 0 Å². The minimum Gasteiger partial charge on any atom is -0.0587 e. The minimum atomic E-state index is 0.558. The van der Waals surface area contributed by atoms with Crippen molar-refractivity contribution >= 4 is 0 Å². The maximum Gasteiger partial charge on any atom is -0.0143 e. The van der Waals surface area contributed by atoms with Crippen molar-refractivity contribution in [2.45, 2.75) is 39.5 Å². The zero-order chi connectivity index (χ0) is 9.14. The van der Waals surface area contributed by atoms with E-state index < -0.39 is 0 Å². The first-order valence-electron chi connectivity index (χ1n) is 4.54. The second-order valence-electron chi connectivity index (χ2n) is 3.80. The number of hydrogen-bond donors (Lipinski definition) is 0. The molecule has 0 unspecified atom stereocenters. The fourth-order valence-electron chi connectivity index (χ4n) is 1.07. The summed E-state index contributed by atoms with van der Waals surface area (Å²) >= 11 is 0. The van der Waals surface area contributed by atoms with Crippen LogP contribution in [0.2, 0.25) is 0 Å². The van der Waals surface area contributed by atoms with Crippen molar-refractivity contribution < 1.29 is 0 Å². The fraction of sp³-hybridized carbons (Fsp3) is 0.500. The molecule has 0 heteroatoms. The number of rotatable bonds is 2. The highest BCUT2D eigenvalue weighted by Crippen LogP contribution is 2.17. The van der Waals surface area contributed by atoms with Crippen molar-refractivity contribution in [1.82, 2.24) is 0 Å². The van der Waals surface area contributed by atoms with E-state index in [4.69, 9.17) is 0 Å². The predicted molar refractivity (Wildman–Crippen MR) is 52.3 cm³/mol. The van der Waals surface area contributed by atoms with Crippen molar-refractivity contribution in [3.8, 4) is 0 Å². The van der Waals surface area contributed by atoms with Gasteiger partial charge in [-0.25, -0.2) is 0 Å². The summed E-state index contributed by atoms with van der Waals surface area (Å²) in [5.41, 5.74) is 2.50. The van der Waals surface area contributed by atoms with Crippen LogP contribution in [0.4, 0.5) is 0 Å². The molecule has 12 heavy (non-hydrogen) atoms. The molecule has 2 radical (unpaired) electrons. The molecule has 0 aliphatic rings. The molecule has 64 valence electrons. The molecular weight excluding hydrogens is 144 g/mol. The molecule has 0 heterocycles. The lowest BCUT2D eigenvalue weighted by atomic mass is 9.97. The van der Waals surface area contributed by atoms with Gasteiger partial charge in [0.1, 0.15) is 0 Å². The highest BCUT2D eigenvalue weighted by molar-refractivity contribution is 5.23. The van der Waals surface area contributed by atoms with Gasteiger partial charge in [0.05, 0.1) is 0 Å². The molecule has 0 aliphatic carbocycles. The molecule has 0 fully saturated rings. The molecule has 0 aromatic heterocycles. The van der Waals surface area contributed by atoms with Crippen LogP contribution in [0.5, 0.6) is 0 Å². The third kappa shape index (κ3) is 2.10. The Balaban J connectivity index is 2.86. The van der Waals surface area contributed by atoms with Crippen LogP contribution in [0.15, 0.2) is 12.1 Å². The summed E-state index contributed by atoms with van der Waals surface area (Å²) < 4.78 is 0. The zero-order valence-corrected chi connectivity index (χ0v) is 8.31. The van der Waals surface area contributed by atoms with Crippen LogP contribution in [-0.4, -0.2) is 0 Å². The van der Waals surface area contributed by atoms with Crippen LogP contribution in [0.1, 0.15) is 50.7 Å². The van der Waals surface area contributed by atoms with E-state index in [1.807, 2.05) is 0 Å². The first-order chi connectivity index (χ1) is 5.61. The van der Waals surface area contributed by atoms with Gasteiger partial charge in [-0.1, -0.05) is 27.7 Å². The van der Waals surface area contributed by atoms with Gasteiger partial charge >= 0.3 is 0 Å². The van der Waals surface area contributed by atoms with Crippen LogP contribution in [0.25, 0.3) is 0 Å². The second kappa shape index (κ2) is 3.75. The van der Waals surface area contributed by atoms with E-state index in [0.29, 0.717) is 11.8 Å². The molecule has 0 N–H and O–H groups in total. The molecule has 1 aromatic rings. The van der Waals surface area contributed by atoms with Gasteiger partial charge in [0.15, 0.2) is 0 Å².